The van der Waals surface area contributed by atoms with E-state index in [4.69, 9.17) is 4.18 Å². The van der Waals surface area contributed by atoms with Crippen molar-refractivity contribution in [2.24, 2.45) is 5.10 Å². The van der Waals surface area contributed by atoms with Gasteiger partial charge in [0.1, 0.15) is 10.6 Å². The van der Waals surface area contributed by atoms with Crippen LogP contribution in [0.2, 0.25) is 0 Å². The van der Waals surface area contributed by atoms with E-state index in [0.29, 0.717) is 22.5 Å². The fourth-order valence-corrected chi connectivity index (χ4v) is 4.05. The number of hydrogen-bond donors (Lipinski definition) is 0. The Labute approximate surface area is 181 Å². The van der Waals surface area contributed by atoms with Crippen molar-refractivity contribution < 1.29 is 17.4 Å². The average Bonchev–Trinajstić information content (AvgIpc) is 3.03. The summed E-state index contributed by atoms with van der Waals surface area (Å²) in [5.74, 6) is -0.0859. The summed E-state index contributed by atoms with van der Waals surface area (Å²) in [5.41, 5.74) is 3.27. The summed E-state index contributed by atoms with van der Waals surface area (Å²) in [6, 6.07) is 22.2. The first-order chi connectivity index (χ1) is 14.8. The molecule has 3 aromatic rings. The zero-order valence-electron chi connectivity index (χ0n) is 17.0. The molecule has 0 aromatic heterocycles. The summed E-state index contributed by atoms with van der Waals surface area (Å²) in [5, 5.41) is 5.70. The largest absolute Gasteiger partial charge is 0.379 e. The normalized spacial score (nSPS) is 15.3. The molecular formula is C24H20N2O4S. The highest BCUT2D eigenvalue weighted by atomic mass is 32.2. The second kappa shape index (κ2) is 8.20. The monoisotopic (exact) mass is 432 g/mol. The molecule has 0 spiro atoms. The van der Waals surface area contributed by atoms with Crippen LogP contribution < -0.4 is 9.19 Å². The van der Waals surface area contributed by atoms with Crippen LogP contribution in [0.5, 0.6) is 5.75 Å². The van der Waals surface area contributed by atoms with Gasteiger partial charge in [0.2, 0.25) is 0 Å². The van der Waals surface area contributed by atoms with E-state index in [0.717, 1.165) is 5.56 Å². The molecule has 0 fully saturated rings. The highest BCUT2D eigenvalue weighted by Crippen LogP contribution is 2.26. The molecule has 3 aromatic carbocycles. The smallest absolute Gasteiger partial charge is 0.339 e. The molecule has 0 saturated carbocycles. The summed E-state index contributed by atoms with van der Waals surface area (Å²) in [7, 11) is -3.96. The summed E-state index contributed by atoms with van der Waals surface area (Å²) in [4.78, 5) is 12.9. The average molecular weight is 433 g/mol. The van der Waals surface area contributed by atoms with E-state index in [-0.39, 0.29) is 16.6 Å². The molecule has 0 bridgehead atoms. The van der Waals surface area contributed by atoms with Crippen LogP contribution in [-0.4, -0.2) is 20.0 Å². The number of aryl methyl sites for hydroxylation is 1. The Kier molecular flexibility index (Phi) is 5.44. The lowest BCUT2D eigenvalue weighted by molar-refractivity contribution is -0.114. The first-order valence-corrected chi connectivity index (χ1v) is 11.0. The van der Waals surface area contributed by atoms with Crippen molar-refractivity contribution in [1.29, 1.82) is 0 Å². The Morgan fingerprint density at radius 1 is 0.903 bits per heavy atom. The van der Waals surface area contributed by atoms with Gasteiger partial charge in [-0.3, -0.25) is 4.79 Å². The quantitative estimate of drug-likeness (QED) is 0.437. The number of carbonyl (C=O) groups excluding carboxylic acids is 1. The predicted octanol–water partition coefficient (Wildman–Crippen LogP) is 4.57. The lowest BCUT2D eigenvalue weighted by Gasteiger charge is -2.11. The summed E-state index contributed by atoms with van der Waals surface area (Å²) < 4.78 is 30.4. The molecule has 0 radical (unpaired) electrons. The van der Waals surface area contributed by atoms with Crippen molar-refractivity contribution >= 4 is 33.5 Å². The van der Waals surface area contributed by atoms with Crippen molar-refractivity contribution in [2.45, 2.75) is 18.7 Å². The maximum atomic E-state index is 12.9. The third kappa shape index (κ3) is 4.41. The summed E-state index contributed by atoms with van der Waals surface area (Å²) >= 11 is 0. The van der Waals surface area contributed by atoms with Gasteiger partial charge in [-0.2, -0.15) is 18.5 Å². The predicted molar refractivity (Wildman–Crippen MR) is 120 cm³/mol. The van der Waals surface area contributed by atoms with Crippen molar-refractivity contribution in [3.05, 3.63) is 95.6 Å². The van der Waals surface area contributed by atoms with Crippen LogP contribution in [0.15, 0.2) is 94.4 Å². The van der Waals surface area contributed by atoms with Gasteiger partial charge in [0.05, 0.1) is 17.0 Å². The molecule has 0 unspecified atom stereocenters. The number of benzene rings is 3. The van der Waals surface area contributed by atoms with Gasteiger partial charge in [-0.15, -0.1) is 0 Å². The fraction of sp³-hybridized carbons (Fsp3) is 0.0833. The van der Waals surface area contributed by atoms with E-state index in [1.807, 2.05) is 37.3 Å². The van der Waals surface area contributed by atoms with Gasteiger partial charge in [0, 0.05) is 0 Å². The lowest BCUT2D eigenvalue weighted by Crippen LogP contribution is -2.21. The molecule has 0 saturated heterocycles. The molecule has 6 nitrogen and oxygen atoms in total. The van der Waals surface area contributed by atoms with E-state index in [1.54, 1.807) is 49.4 Å². The zero-order chi connectivity index (χ0) is 22.0. The van der Waals surface area contributed by atoms with Crippen molar-refractivity contribution in [3.63, 3.8) is 0 Å². The van der Waals surface area contributed by atoms with E-state index in [1.165, 1.54) is 17.1 Å². The second-order valence-corrected chi connectivity index (χ2v) is 8.67. The molecule has 0 atom stereocenters. The molecule has 1 amide bonds. The van der Waals surface area contributed by atoms with Crippen molar-refractivity contribution in [2.75, 3.05) is 5.01 Å². The number of para-hydroxylation sites is 1. The summed E-state index contributed by atoms with van der Waals surface area (Å²) in [6.07, 6.45) is 1.68. The first kappa shape index (κ1) is 20.6. The Bertz CT molecular complexity index is 1290. The third-order valence-corrected chi connectivity index (χ3v) is 6.01. The maximum absolute atomic E-state index is 12.9. The van der Waals surface area contributed by atoms with Gasteiger partial charge in [0.15, 0.2) is 0 Å². The molecular weight excluding hydrogens is 412 g/mol. The van der Waals surface area contributed by atoms with Gasteiger partial charge in [-0.05, 0) is 61.9 Å². The van der Waals surface area contributed by atoms with Gasteiger partial charge in [0.25, 0.3) is 5.91 Å². The van der Waals surface area contributed by atoms with Gasteiger partial charge in [-0.1, -0.05) is 48.0 Å². The Balaban J connectivity index is 1.59. The number of anilines is 1. The molecule has 1 heterocycles. The molecule has 1 aliphatic heterocycles. The highest BCUT2D eigenvalue weighted by molar-refractivity contribution is 7.87. The first-order valence-electron chi connectivity index (χ1n) is 9.61. The molecule has 7 heteroatoms. The number of hydrazone groups is 1. The van der Waals surface area contributed by atoms with E-state index < -0.39 is 10.1 Å². The minimum atomic E-state index is -3.96. The minimum Gasteiger partial charge on any atom is -0.379 e. The van der Waals surface area contributed by atoms with Gasteiger partial charge in [-0.25, -0.2) is 0 Å². The van der Waals surface area contributed by atoms with Gasteiger partial charge >= 0.3 is 10.1 Å². The van der Waals surface area contributed by atoms with E-state index in [9.17, 15) is 13.2 Å². The summed E-state index contributed by atoms with van der Waals surface area (Å²) in [6.45, 7) is 3.64. The van der Waals surface area contributed by atoms with Crippen LogP contribution >= 0.6 is 0 Å². The van der Waals surface area contributed by atoms with Crippen LogP contribution in [0.3, 0.4) is 0 Å². The van der Waals surface area contributed by atoms with E-state index >= 15 is 0 Å². The topological polar surface area (TPSA) is 76.0 Å². The van der Waals surface area contributed by atoms with Crippen molar-refractivity contribution in [3.8, 4) is 5.75 Å². The zero-order valence-corrected chi connectivity index (χ0v) is 17.8. The second-order valence-electron chi connectivity index (χ2n) is 7.12. The SMILES string of the molecule is CC1=NN(c2ccccc2)C(=O)C1=Cc1cccc(OS(=O)(=O)c2ccc(C)cc2)c1. The fourth-order valence-electron chi connectivity index (χ4n) is 3.13. The maximum Gasteiger partial charge on any atom is 0.339 e. The van der Waals surface area contributed by atoms with E-state index in [2.05, 4.69) is 5.10 Å². The minimum absolute atomic E-state index is 0.0781. The van der Waals surface area contributed by atoms with Crippen LogP contribution in [0.4, 0.5) is 5.69 Å². The number of amides is 1. The standard InChI is InChI=1S/C24H20N2O4S/c1-17-11-13-22(14-12-17)31(28,29)30-21-10-6-7-19(15-21)16-23-18(2)25-26(24(23)27)20-8-4-3-5-9-20/h3-16H,1-2H3. The highest BCUT2D eigenvalue weighted by Gasteiger charge is 2.28. The Morgan fingerprint density at radius 3 is 2.32 bits per heavy atom. The molecule has 4 rings (SSSR count). The Morgan fingerprint density at radius 2 is 1.61 bits per heavy atom. The molecule has 156 valence electrons. The molecule has 1 aliphatic rings. The van der Waals surface area contributed by atoms with Crippen molar-refractivity contribution in [1.82, 2.24) is 0 Å². The molecule has 0 aliphatic carbocycles. The molecule has 31 heavy (non-hydrogen) atoms. The number of carbonyl (C=O) groups is 1. The number of nitrogens with zero attached hydrogens (tertiary/aromatic N) is 2. The van der Waals surface area contributed by atoms with Gasteiger partial charge < -0.3 is 4.18 Å². The molecule has 0 N–H and O–H groups in total. The third-order valence-electron chi connectivity index (χ3n) is 4.75. The van der Waals surface area contributed by atoms with Crippen LogP contribution in [-0.2, 0) is 14.9 Å². The number of rotatable bonds is 5. The lowest BCUT2D eigenvalue weighted by atomic mass is 10.1. The van der Waals surface area contributed by atoms with Crippen LogP contribution in [0.25, 0.3) is 6.08 Å². The number of hydrogen-bond acceptors (Lipinski definition) is 5. The van der Waals surface area contributed by atoms with Crippen LogP contribution in [0, 0.1) is 6.92 Å². The van der Waals surface area contributed by atoms with Crippen LogP contribution in [0.1, 0.15) is 18.1 Å². The Hall–Kier alpha value is -3.71.